The van der Waals surface area contributed by atoms with Crippen LogP contribution in [-0.2, 0) is 6.54 Å². The van der Waals surface area contributed by atoms with Gasteiger partial charge in [0.25, 0.3) is 0 Å². The standard InChI is InChI=1S/C13H17BrF3N3/c14-11-2-1-10(7-12(11)18)8-19-3-5-20(6-4-19)9-13(15,16)17/h1-2,7H,3-6,8-9,18H2. The highest BCUT2D eigenvalue weighted by Gasteiger charge is 2.32. The second-order valence-electron chi connectivity index (χ2n) is 5.02. The highest BCUT2D eigenvalue weighted by Crippen LogP contribution is 2.22. The molecule has 112 valence electrons. The Labute approximate surface area is 124 Å². The summed E-state index contributed by atoms with van der Waals surface area (Å²) in [5.74, 6) is 0. The molecule has 0 amide bonds. The van der Waals surface area contributed by atoms with E-state index in [0.717, 1.165) is 16.6 Å². The van der Waals surface area contributed by atoms with E-state index >= 15 is 0 Å². The Bertz CT molecular complexity index is 457. The van der Waals surface area contributed by atoms with Crippen LogP contribution < -0.4 is 5.73 Å². The molecular formula is C13H17BrF3N3. The van der Waals surface area contributed by atoms with Crippen molar-refractivity contribution in [2.24, 2.45) is 0 Å². The number of anilines is 1. The molecular weight excluding hydrogens is 335 g/mol. The third-order valence-electron chi connectivity index (χ3n) is 3.33. The van der Waals surface area contributed by atoms with E-state index in [-0.39, 0.29) is 0 Å². The van der Waals surface area contributed by atoms with Crippen molar-refractivity contribution in [3.63, 3.8) is 0 Å². The summed E-state index contributed by atoms with van der Waals surface area (Å²) in [7, 11) is 0. The maximum atomic E-state index is 12.3. The maximum absolute atomic E-state index is 12.3. The fourth-order valence-corrected chi connectivity index (χ4v) is 2.56. The molecule has 2 N–H and O–H groups in total. The van der Waals surface area contributed by atoms with E-state index < -0.39 is 12.7 Å². The first kappa shape index (κ1) is 15.6. The monoisotopic (exact) mass is 351 g/mol. The fourth-order valence-electron chi connectivity index (χ4n) is 2.31. The molecule has 0 saturated carbocycles. The van der Waals surface area contributed by atoms with E-state index in [2.05, 4.69) is 20.8 Å². The van der Waals surface area contributed by atoms with Crippen LogP contribution in [0.5, 0.6) is 0 Å². The summed E-state index contributed by atoms with van der Waals surface area (Å²) < 4.78 is 37.7. The third-order valence-corrected chi connectivity index (χ3v) is 4.06. The molecule has 1 aromatic rings. The van der Waals surface area contributed by atoms with Gasteiger partial charge in [0.1, 0.15) is 0 Å². The number of nitrogen functional groups attached to an aromatic ring is 1. The summed E-state index contributed by atoms with van der Waals surface area (Å²) in [6.45, 7) is 2.10. The summed E-state index contributed by atoms with van der Waals surface area (Å²) in [6.07, 6.45) is -4.11. The van der Waals surface area contributed by atoms with Crippen molar-refractivity contribution in [1.29, 1.82) is 0 Å². The summed E-state index contributed by atoms with van der Waals surface area (Å²) in [6, 6.07) is 5.76. The highest BCUT2D eigenvalue weighted by molar-refractivity contribution is 9.10. The van der Waals surface area contributed by atoms with Crippen LogP contribution in [0.4, 0.5) is 18.9 Å². The van der Waals surface area contributed by atoms with Gasteiger partial charge in [-0.05, 0) is 33.6 Å². The van der Waals surface area contributed by atoms with Crippen LogP contribution in [0.2, 0.25) is 0 Å². The lowest BCUT2D eigenvalue weighted by atomic mass is 10.2. The van der Waals surface area contributed by atoms with Gasteiger partial charge in [-0.25, -0.2) is 0 Å². The zero-order chi connectivity index (χ0) is 14.8. The van der Waals surface area contributed by atoms with Crippen LogP contribution in [0.15, 0.2) is 22.7 Å². The first-order valence-electron chi connectivity index (χ1n) is 6.39. The number of rotatable bonds is 3. The SMILES string of the molecule is Nc1cc(CN2CCN(CC(F)(F)F)CC2)ccc1Br. The highest BCUT2D eigenvalue weighted by atomic mass is 79.9. The molecule has 0 spiro atoms. The van der Waals surface area contributed by atoms with Crippen molar-refractivity contribution in [2.45, 2.75) is 12.7 Å². The van der Waals surface area contributed by atoms with Gasteiger partial charge in [0.05, 0.1) is 6.54 Å². The first-order chi connectivity index (χ1) is 9.33. The fraction of sp³-hybridized carbons (Fsp3) is 0.538. The Morgan fingerprint density at radius 2 is 1.70 bits per heavy atom. The Hall–Kier alpha value is -0.790. The lowest BCUT2D eigenvalue weighted by molar-refractivity contribution is -0.149. The second kappa shape index (κ2) is 6.32. The van der Waals surface area contributed by atoms with E-state index in [1.807, 2.05) is 18.2 Å². The molecule has 0 aromatic heterocycles. The van der Waals surface area contributed by atoms with Crippen molar-refractivity contribution >= 4 is 21.6 Å². The Morgan fingerprint density at radius 3 is 2.25 bits per heavy atom. The van der Waals surface area contributed by atoms with Crippen LogP contribution in [0.1, 0.15) is 5.56 Å². The van der Waals surface area contributed by atoms with Crippen LogP contribution in [0, 0.1) is 0 Å². The van der Waals surface area contributed by atoms with E-state index in [1.54, 1.807) is 0 Å². The van der Waals surface area contributed by atoms with Crippen molar-refractivity contribution in [1.82, 2.24) is 9.80 Å². The normalized spacial score (nSPS) is 18.4. The molecule has 3 nitrogen and oxygen atoms in total. The average molecular weight is 352 g/mol. The number of benzene rings is 1. The molecule has 0 atom stereocenters. The minimum absolute atomic E-state index is 0.450. The Kier molecular flexibility index (Phi) is 4.93. The van der Waals surface area contributed by atoms with Gasteiger partial charge in [0, 0.05) is 42.9 Å². The summed E-state index contributed by atoms with van der Waals surface area (Å²) in [5.41, 5.74) is 7.58. The quantitative estimate of drug-likeness (QED) is 0.850. The van der Waals surface area contributed by atoms with Crippen LogP contribution in [0.3, 0.4) is 0 Å². The molecule has 7 heteroatoms. The third kappa shape index (κ3) is 4.64. The number of halogens is 4. The van der Waals surface area contributed by atoms with Gasteiger partial charge < -0.3 is 5.73 Å². The predicted octanol–water partition coefficient (Wildman–Crippen LogP) is 2.71. The minimum atomic E-state index is -4.11. The number of nitrogens with two attached hydrogens (primary N) is 1. The van der Waals surface area contributed by atoms with Crippen molar-refractivity contribution < 1.29 is 13.2 Å². The molecule has 0 unspecified atom stereocenters. The van der Waals surface area contributed by atoms with E-state index in [9.17, 15) is 13.2 Å². The zero-order valence-corrected chi connectivity index (χ0v) is 12.5. The van der Waals surface area contributed by atoms with Gasteiger partial charge in [-0.15, -0.1) is 0 Å². The molecule has 1 aliphatic heterocycles. The molecule has 20 heavy (non-hydrogen) atoms. The predicted molar refractivity (Wildman–Crippen MR) is 76.3 cm³/mol. The van der Waals surface area contributed by atoms with Crippen LogP contribution >= 0.6 is 15.9 Å². The summed E-state index contributed by atoms with van der Waals surface area (Å²) in [4.78, 5) is 3.60. The lowest BCUT2D eigenvalue weighted by Gasteiger charge is -2.35. The molecule has 1 heterocycles. The molecule has 0 aliphatic carbocycles. The average Bonchev–Trinajstić information content (AvgIpc) is 2.35. The molecule has 1 aliphatic rings. The number of hydrogen-bond donors (Lipinski definition) is 1. The Morgan fingerprint density at radius 1 is 1.10 bits per heavy atom. The van der Waals surface area contributed by atoms with E-state index in [0.29, 0.717) is 31.9 Å². The van der Waals surface area contributed by atoms with Crippen molar-refractivity contribution in [3.8, 4) is 0 Å². The van der Waals surface area contributed by atoms with Crippen molar-refractivity contribution in [3.05, 3.63) is 28.2 Å². The smallest absolute Gasteiger partial charge is 0.398 e. The maximum Gasteiger partial charge on any atom is 0.401 e. The number of hydrogen-bond acceptors (Lipinski definition) is 3. The molecule has 1 fully saturated rings. The summed E-state index contributed by atoms with van der Waals surface area (Å²) in [5, 5.41) is 0. The molecule has 0 bridgehead atoms. The van der Waals surface area contributed by atoms with E-state index in [4.69, 9.17) is 5.73 Å². The molecule has 1 aromatic carbocycles. The van der Waals surface area contributed by atoms with Gasteiger partial charge >= 0.3 is 6.18 Å². The number of alkyl halides is 3. The van der Waals surface area contributed by atoms with Crippen molar-refractivity contribution in [2.75, 3.05) is 38.5 Å². The topological polar surface area (TPSA) is 32.5 Å². The van der Waals surface area contributed by atoms with Crippen LogP contribution in [0.25, 0.3) is 0 Å². The first-order valence-corrected chi connectivity index (χ1v) is 7.18. The lowest BCUT2D eigenvalue weighted by Crippen LogP contribution is -2.48. The largest absolute Gasteiger partial charge is 0.401 e. The summed E-state index contributed by atoms with van der Waals surface area (Å²) >= 11 is 3.34. The van der Waals surface area contributed by atoms with Gasteiger partial charge in [-0.2, -0.15) is 13.2 Å². The Balaban J connectivity index is 1.83. The van der Waals surface area contributed by atoms with E-state index in [1.165, 1.54) is 4.90 Å². The second-order valence-corrected chi connectivity index (χ2v) is 5.88. The number of piperazine rings is 1. The van der Waals surface area contributed by atoms with Gasteiger partial charge in [-0.3, -0.25) is 9.80 Å². The van der Waals surface area contributed by atoms with Crippen LogP contribution in [-0.4, -0.2) is 48.7 Å². The molecule has 1 saturated heterocycles. The molecule has 0 radical (unpaired) electrons. The number of nitrogens with zero attached hydrogens (tertiary/aromatic N) is 2. The van der Waals surface area contributed by atoms with Gasteiger partial charge in [-0.1, -0.05) is 6.07 Å². The zero-order valence-electron chi connectivity index (χ0n) is 11.0. The van der Waals surface area contributed by atoms with Gasteiger partial charge in [0.2, 0.25) is 0 Å². The minimum Gasteiger partial charge on any atom is -0.398 e. The molecule has 2 rings (SSSR count). The van der Waals surface area contributed by atoms with Gasteiger partial charge in [0.15, 0.2) is 0 Å².